The van der Waals surface area contributed by atoms with Crippen molar-refractivity contribution in [3.63, 3.8) is 0 Å². The van der Waals surface area contributed by atoms with Crippen molar-refractivity contribution >= 4 is 54.3 Å². The van der Waals surface area contributed by atoms with Crippen molar-refractivity contribution in [3.8, 4) is 33.4 Å². The highest BCUT2D eigenvalue weighted by Gasteiger charge is 2.17. The molecule has 0 atom stereocenters. The second-order valence-electron chi connectivity index (χ2n) is 10.5. The number of benzene rings is 8. The molecule has 9 rings (SSSR count). The normalized spacial score (nSPS) is 15.3. The topological polar surface area (TPSA) is 13.1 Å². The first kappa shape index (κ1) is 15.5. The van der Waals surface area contributed by atoms with E-state index < -0.39 is 36.3 Å². The molecule has 8 aromatic carbocycles. The maximum atomic E-state index is 9.54. The van der Waals surface area contributed by atoms with Crippen molar-refractivity contribution in [2.45, 2.75) is 0 Å². The van der Waals surface area contributed by atoms with Crippen LogP contribution in [0.25, 0.3) is 87.6 Å². The number of furan rings is 1. The van der Waals surface area contributed by atoms with E-state index in [1.807, 2.05) is 36.4 Å². The first-order valence-corrected chi connectivity index (χ1v) is 13.9. The van der Waals surface area contributed by atoms with Crippen LogP contribution < -0.4 is 0 Å². The molecule has 0 unspecified atom stereocenters. The molecule has 0 bridgehead atoms. The highest BCUT2D eigenvalue weighted by atomic mass is 16.3. The summed E-state index contributed by atoms with van der Waals surface area (Å²) in [5.41, 5.74) is 3.07. The van der Waals surface area contributed by atoms with Crippen LogP contribution in [-0.4, -0.2) is 0 Å². The highest BCUT2D eigenvalue weighted by Crippen LogP contribution is 2.45. The average molecular weight is 558 g/mol. The zero-order chi connectivity index (χ0) is 37.9. The smallest absolute Gasteiger partial charge is 0.135 e. The zero-order valence-electron chi connectivity index (χ0n) is 33.6. The predicted octanol–water partition coefficient (Wildman–Crippen LogP) is 12.0. The van der Waals surface area contributed by atoms with E-state index in [0.29, 0.717) is 27.1 Å². The molecule has 1 heteroatoms. The Morgan fingerprint density at radius 3 is 1.70 bits per heavy atom. The summed E-state index contributed by atoms with van der Waals surface area (Å²) < 4.78 is 102. The highest BCUT2D eigenvalue weighted by molar-refractivity contribution is 6.22. The van der Waals surface area contributed by atoms with E-state index in [1.165, 1.54) is 12.1 Å². The van der Waals surface area contributed by atoms with Gasteiger partial charge < -0.3 is 4.42 Å². The van der Waals surface area contributed by atoms with Crippen molar-refractivity contribution in [2.75, 3.05) is 0 Å². The molecule has 9 aromatic rings. The summed E-state index contributed by atoms with van der Waals surface area (Å²) in [6, 6.07) is 24.7. The van der Waals surface area contributed by atoms with E-state index in [1.54, 1.807) is 12.1 Å². The number of hydrogen-bond donors (Lipinski definition) is 0. The molecule has 0 spiro atoms. The molecule has 0 fully saturated rings. The molecule has 0 aliphatic carbocycles. The van der Waals surface area contributed by atoms with Crippen LogP contribution in [0.1, 0.15) is 15.1 Å². The molecule has 0 radical (unpaired) electrons. The minimum Gasteiger partial charge on any atom is -0.456 e. The third kappa shape index (κ3) is 3.79. The molecule has 200 valence electrons. The van der Waals surface area contributed by atoms with Gasteiger partial charge in [-0.15, -0.1) is 0 Å². The molecule has 1 nitrogen and oxygen atoms in total. The number of para-hydroxylation sites is 1. The van der Waals surface area contributed by atoms with Gasteiger partial charge in [0.2, 0.25) is 0 Å². The van der Waals surface area contributed by atoms with Crippen molar-refractivity contribution in [2.24, 2.45) is 0 Å². The lowest BCUT2D eigenvalue weighted by Gasteiger charge is -2.18. The Hall–Kier alpha value is -5.66. The third-order valence-corrected chi connectivity index (χ3v) is 8.08. The maximum absolute atomic E-state index is 9.54. The molecular formula is C42H26O. The molecule has 0 aliphatic rings. The molecular weight excluding hydrogens is 520 g/mol. The lowest BCUT2D eigenvalue weighted by molar-refractivity contribution is 0.669. The first-order valence-electron chi connectivity index (χ1n) is 19.4. The van der Waals surface area contributed by atoms with Crippen molar-refractivity contribution < 1.29 is 19.5 Å². The van der Waals surface area contributed by atoms with Crippen LogP contribution >= 0.6 is 0 Å². The maximum Gasteiger partial charge on any atom is 0.135 e. The van der Waals surface area contributed by atoms with Gasteiger partial charge in [-0.05, 0) is 89.9 Å². The van der Waals surface area contributed by atoms with Crippen LogP contribution in [-0.2, 0) is 0 Å². The fraction of sp³-hybridized carbons (Fsp3) is 0. The Balaban J connectivity index is 1.38. The number of rotatable bonds is 3. The van der Waals surface area contributed by atoms with E-state index in [-0.39, 0.29) is 63.3 Å². The molecule has 43 heavy (non-hydrogen) atoms. The average Bonchev–Trinajstić information content (AvgIpc) is 3.58. The lowest BCUT2D eigenvalue weighted by atomic mass is 9.85. The lowest BCUT2D eigenvalue weighted by Crippen LogP contribution is -1.91. The van der Waals surface area contributed by atoms with Gasteiger partial charge in [0, 0.05) is 10.8 Å². The molecule has 0 amide bonds. The van der Waals surface area contributed by atoms with Crippen molar-refractivity contribution in [3.05, 3.63) is 157 Å². The summed E-state index contributed by atoms with van der Waals surface area (Å²) >= 11 is 0. The third-order valence-electron chi connectivity index (χ3n) is 8.08. The number of hydrogen-bond acceptors (Lipinski definition) is 1. The van der Waals surface area contributed by atoms with E-state index in [9.17, 15) is 2.74 Å². The van der Waals surface area contributed by atoms with Crippen LogP contribution in [0, 0.1) is 0 Å². The van der Waals surface area contributed by atoms with Crippen molar-refractivity contribution in [1.82, 2.24) is 0 Å². The molecule has 1 aromatic heterocycles. The van der Waals surface area contributed by atoms with Crippen LogP contribution in [0.2, 0.25) is 0 Å². The summed E-state index contributed by atoms with van der Waals surface area (Å²) in [4.78, 5) is 0. The van der Waals surface area contributed by atoms with E-state index in [4.69, 9.17) is 16.8 Å². The summed E-state index contributed by atoms with van der Waals surface area (Å²) in [5.74, 6) is 0. The van der Waals surface area contributed by atoms with Gasteiger partial charge in [0.15, 0.2) is 0 Å². The van der Waals surface area contributed by atoms with Crippen molar-refractivity contribution in [1.29, 1.82) is 0 Å². The van der Waals surface area contributed by atoms with Gasteiger partial charge in [-0.2, -0.15) is 0 Å². The molecule has 0 aliphatic heterocycles. The Morgan fingerprint density at radius 2 is 0.977 bits per heavy atom. The Bertz CT molecular complexity index is 3040. The molecule has 0 saturated heterocycles. The standard InChI is InChI=1S/C42H26O/c1-2-10-30-25-31(22-19-27(30)9-1)28-17-20-29(21-18-28)41-34-12-3-5-14-36(34)42(37-15-6-4-13-35(37)41)32-23-24-40-38(26-32)33-11-7-8-16-39(33)43-40/h1-26H/i3D,4D,5D,6D,7D,8D,11D,16D,23D,24D,26D. The Labute approximate surface area is 264 Å². The minimum absolute atomic E-state index is 0.0610. The van der Waals surface area contributed by atoms with Gasteiger partial charge in [0.1, 0.15) is 11.2 Å². The van der Waals surface area contributed by atoms with Crippen LogP contribution in [0.15, 0.2) is 162 Å². The minimum atomic E-state index is -0.534. The monoisotopic (exact) mass is 557 g/mol. The number of fused-ring (bicyclic) bond motifs is 6. The largest absolute Gasteiger partial charge is 0.456 e. The fourth-order valence-corrected chi connectivity index (χ4v) is 6.09. The van der Waals surface area contributed by atoms with Gasteiger partial charge in [0.25, 0.3) is 0 Å². The summed E-state index contributed by atoms with van der Waals surface area (Å²) in [6.45, 7) is 0. The Morgan fingerprint density at radius 1 is 0.395 bits per heavy atom. The predicted molar refractivity (Wildman–Crippen MR) is 183 cm³/mol. The van der Waals surface area contributed by atoms with Gasteiger partial charge >= 0.3 is 0 Å². The SMILES string of the molecule is [2H]c1cc2c(-c3ccc(-c4ccc5ccccc5c4)cc3)c3cc([2H])c([2H])cc3c(-c3c([2H])c([2H])c4oc5c([2H])c([2H])c([2H])c([2H])c5c4c3[2H])c2cc1[2H]. The van der Waals surface area contributed by atoms with Gasteiger partial charge in [-0.3, -0.25) is 0 Å². The summed E-state index contributed by atoms with van der Waals surface area (Å²) in [6.07, 6.45) is 0. The molecule has 0 saturated carbocycles. The molecule has 0 N–H and O–H groups in total. The summed E-state index contributed by atoms with van der Waals surface area (Å²) in [5, 5.41) is 3.84. The van der Waals surface area contributed by atoms with Gasteiger partial charge in [0.05, 0.1) is 15.1 Å². The quantitative estimate of drug-likeness (QED) is 0.197. The van der Waals surface area contributed by atoms with E-state index in [2.05, 4.69) is 30.3 Å². The van der Waals surface area contributed by atoms with Crippen LogP contribution in [0.4, 0.5) is 0 Å². The van der Waals surface area contributed by atoms with Crippen LogP contribution in [0.3, 0.4) is 0 Å². The second-order valence-corrected chi connectivity index (χ2v) is 10.5. The van der Waals surface area contributed by atoms with Gasteiger partial charge in [-0.1, -0.05) is 133 Å². The fourth-order valence-electron chi connectivity index (χ4n) is 6.09. The summed E-state index contributed by atoms with van der Waals surface area (Å²) in [7, 11) is 0. The van der Waals surface area contributed by atoms with Crippen LogP contribution in [0.5, 0.6) is 0 Å². The second kappa shape index (κ2) is 9.44. The zero-order valence-corrected chi connectivity index (χ0v) is 22.6. The Kier molecular flexibility index (Phi) is 3.41. The van der Waals surface area contributed by atoms with Gasteiger partial charge in [-0.25, -0.2) is 0 Å². The van der Waals surface area contributed by atoms with E-state index >= 15 is 0 Å². The van der Waals surface area contributed by atoms with E-state index in [0.717, 1.165) is 27.5 Å². The first-order chi connectivity index (χ1) is 25.8. The molecule has 1 heterocycles.